The number of nitrogens with zero attached hydrogens (tertiary/aromatic N) is 4. The maximum absolute atomic E-state index is 12.3. The van der Waals surface area contributed by atoms with Gasteiger partial charge in [-0.1, -0.05) is 48.4 Å². The van der Waals surface area contributed by atoms with Gasteiger partial charge in [-0.25, -0.2) is 0 Å². The van der Waals surface area contributed by atoms with Crippen LogP contribution in [0.5, 0.6) is 0 Å². The van der Waals surface area contributed by atoms with E-state index in [0.29, 0.717) is 18.3 Å². The van der Waals surface area contributed by atoms with E-state index in [0.717, 1.165) is 18.2 Å². The topological polar surface area (TPSA) is 63.1 Å². The van der Waals surface area contributed by atoms with Crippen LogP contribution in [-0.4, -0.2) is 44.4 Å². The molecule has 1 saturated carbocycles. The van der Waals surface area contributed by atoms with Crippen molar-refractivity contribution in [1.29, 1.82) is 0 Å². The summed E-state index contributed by atoms with van der Waals surface area (Å²) in [5.41, 5.74) is 1.47. The molecule has 2 aromatic rings. The second-order valence-electron chi connectivity index (χ2n) is 7.47. The quantitative estimate of drug-likeness (QED) is 0.867. The lowest BCUT2D eigenvalue weighted by molar-refractivity contribution is 0.0945. The van der Waals surface area contributed by atoms with Crippen LogP contribution in [0.2, 0.25) is 0 Å². The summed E-state index contributed by atoms with van der Waals surface area (Å²) in [5, 5.41) is 11.2. The highest BCUT2D eigenvalue weighted by Gasteiger charge is 2.32. The highest BCUT2D eigenvalue weighted by molar-refractivity contribution is 5.91. The Morgan fingerprint density at radius 1 is 1.12 bits per heavy atom. The number of hydrogen-bond donors (Lipinski definition) is 1. The molecule has 0 radical (unpaired) electrons. The first-order valence-corrected chi connectivity index (χ1v) is 9.77. The Kier molecular flexibility index (Phi) is 5.29. The molecule has 1 atom stereocenters. The average molecular weight is 353 g/mol. The molecule has 138 valence electrons. The maximum Gasteiger partial charge on any atom is 0.273 e. The predicted molar refractivity (Wildman–Crippen MR) is 99.6 cm³/mol. The van der Waals surface area contributed by atoms with Crippen LogP contribution in [0.15, 0.2) is 36.5 Å². The molecule has 2 aliphatic rings. The third-order valence-electron chi connectivity index (χ3n) is 5.68. The maximum atomic E-state index is 12.3. The minimum absolute atomic E-state index is 0.167. The van der Waals surface area contributed by atoms with Crippen LogP contribution in [0.4, 0.5) is 0 Å². The number of nitrogens with one attached hydrogen (secondary N) is 1. The molecule has 0 spiro atoms. The molecule has 1 amide bonds. The third-order valence-corrected chi connectivity index (χ3v) is 5.68. The van der Waals surface area contributed by atoms with E-state index in [1.54, 1.807) is 6.20 Å². The highest BCUT2D eigenvalue weighted by Crippen LogP contribution is 2.30. The molecule has 2 fully saturated rings. The molecule has 6 nitrogen and oxygen atoms in total. The Morgan fingerprint density at radius 3 is 2.73 bits per heavy atom. The van der Waals surface area contributed by atoms with Gasteiger partial charge < -0.3 is 5.32 Å². The Morgan fingerprint density at radius 2 is 1.92 bits per heavy atom. The fourth-order valence-electron chi connectivity index (χ4n) is 4.35. The highest BCUT2D eigenvalue weighted by atomic mass is 16.2. The van der Waals surface area contributed by atoms with Crippen molar-refractivity contribution in [3.05, 3.63) is 47.8 Å². The molecule has 0 bridgehead atoms. The molecule has 1 aliphatic carbocycles. The lowest BCUT2D eigenvalue weighted by atomic mass is 10.1. The largest absolute Gasteiger partial charge is 0.347 e. The Bertz CT molecular complexity index is 723. The smallest absolute Gasteiger partial charge is 0.273 e. The standard InChI is InChI=1S/C20H27N5O/c26-20(21-13-16-7-2-1-3-8-16)19-15-24(23-22-19)14-18-11-6-12-25(18)17-9-4-5-10-17/h1-3,7-8,15,17-18H,4-6,9-14H2,(H,21,26). The van der Waals surface area contributed by atoms with E-state index >= 15 is 0 Å². The minimum Gasteiger partial charge on any atom is -0.347 e. The normalized spacial score (nSPS) is 21.3. The number of carbonyl (C=O) groups excluding carboxylic acids is 1. The number of benzene rings is 1. The van der Waals surface area contributed by atoms with Crippen molar-refractivity contribution >= 4 is 5.91 Å². The summed E-state index contributed by atoms with van der Waals surface area (Å²) in [6, 6.07) is 11.2. The fraction of sp³-hybridized carbons (Fsp3) is 0.550. The summed E-state index contributed by atoms with van der Waals surface area (Å²) in [5.74, 6) is -0.167. The molecule has 1 N–H and O–H groups in total. The van der Waals surface area contributed by atoms with Gasteiger partial charge in [-0.15, -0.1) is 5.10 Å². The summed E-state index contributed by atoms with van der Waals surface area (Å²) in [4.78, 5) is 15.0. The predicted octanol–water partition coefficient (Wildman–Crippen LogP) is 2.62. The van der Waals surface area contributed by atoms with Gasteiger partial charge in [0, 0.05) is 18.6 Å². The van der Waals surface area contributed by atoms with Gasteiger partial charge in [0.1, 0.15) is 0 Å². The van der Waals surface area contributed by atoms with E-state index in [-0.39, 0.29) is 5.91 Å². The first kappa shape index (κ1) is 17.2. The fourth-order valence-corrected chi connectivity index (χ4v) is 4.35. The van der Waals surface area contributed by atoms with E-state index in [2.05, 4.69) is 20.5 Å². The summed E-state index contributed by atoms with van der Waals surface area (Å²) >= 11 is 0. The van der Waals surface area contributed by atoms with Gasteiger partial charge in [-0.2, -0.15) is 0 Å². The molecule has 1 saturated heterocycles. The average Bonchev–Trinajstić information content (AvgIpc) is 3.42. The first-order chi connectivity index (χ1) is 12.8. The number of hydrogen-bond acceptors (Lipinski definition) is 4. The number of likely N-dealkylation sites (tertiary alicyclic amines) is 1. The van der Waals surface area contributed by atoms with Crippen molar-refractivity contribution in [2.45, 2.75) is 63.7 Å². The Labute approximate surface area is 154 Å². The zero-order valence-electron chi connectivity index (χ0n) is 15.2. The van der Waals surface area contributed by atoms with Gasteiger partial charge in [-0.3, -0.25) is 14.4 Å². The van der Waals surface area contributed by atoms with Crippen LogP contribution in [-0.2, 0) is 13.1 Å². The molecule has 6 heteroatoms. The second-order valence-corrected chi connectivity index (χ2v) is 7.47. The molecular weight excluding hydrogens is 326 g/mol. The van der Waals surface area contributed by atoms with E-state index in [1.807, 2.05) is 35.0 Å². The summed E-state index contributed by atoms with van der Waals surface area (Å²) < 4.78 is 1.84. The van der Waals surface area contributed by atoms with Gasteiger partial charge in [0.05, 0.1) is 12.7 Å². The minimum atomic E-state index is -0.167. The number of rotatable bonds is 6. The van der Waals surface area contributed by atoms with Crippen LogP contribution >= 0.6 is 0 Å². The molecular formula is C20H27N5O. The summed E-state index contributed by atoms with van der Waals surface area (Å²) in [6.07, 6.45) is 9.66. The Hall–Kier alpha value is -2.21. The van der Waals surface area contributed by atoms with Crippen molar-refractivity contribution in [1.82, 2.24) is 25.2 Å². The Balaban J connectivity index is 1.33. The zero-order valence-corrected chi connectivity index (χ0v) is 15.2. The van der Waals surface area contributed by atoms with Crippen LogP contribution in [0.3, 0.4) is 0 Å². The van der Waals surface area contributed by atoms with Crippen molar-refractivity contribution in [2.75, 3.05) is 6.54 Å². The lowest BCUT2D eigenvalue weighted by Crippen LogP contribution is -2.39. The third kappa shape index (κ3) is 3.96. The van der Waals surface area contributed by atoms with Gasteiger partial charge in [0.25, 0.3) is 5.91 Å². The molecule has 1 aromatic heterocycles. The second kappa shape index (κ2) is 7.99. The van der Waals surface area contributed by atoms with E-state index in [9.17, 15) is 4.79 Å². The zero-order chi connectivity index (χ0) is 17.8. The molecule has 4 rings (SSSR count). The van der Waals surface area contributed by atoms with Crippen molar-refractivity contribution in [3.8, 4) is 0 Å². The number of carbonyl (C=O) groups is 1. The SMILES string of the molecule is O=C(NCc1ccccc1)c1cn(CC2CCCN2C2CCCC2)nn1. The summed E-state index contributed by atoms with van der Waals surface area (Å²) in [6.45, 7) is 2.54. The van der Waals surface area contributed by atoms with Crippen LogP contribution in [0, 0.1) is 0 Å². The molecule has 26 heavy (non-hydrogen) atoms. The summed E-state index contributed by atoms with van der Waals surface area (Å²) in [7, 11) is 0. The van der Waals surface area contributed by atoms with Crippen molar-refractivity contribution in [3.63, 3.8) is 0 Å². The lowest BCUT2D eigenvalue weighted by Gasteiger charge is -2.30. The van der Waals surface area contributed by atoms with Gasteiger partial charge in [0.15, 0.2) is 5.69 Å². The van der Waals surface area contributed by atoms with Crippen molar-refractivity contribution < 1.29 is 4.79 Å². The van der Waals surface area contributed by atoms with E-state index in [1.165, 1.54) is 45.1 Å². The van der Waals surface area contributed by atoms with E-state index in [4.69, 9.17) is 0 Å². The van der Waals surface area contributed by atoms with E-state index < -0.39 is 0 Å². The van der Waals surface area contributed by atoms with Gasteiger partial charge in [-0.05, 0) is 37.8 Å². The van der Waals surface area contributed by atoms with Crippen LogP contribution in [0.1, 0.15) is 54.6 Å². The van der Waals surface area contributed by atoms with Crippen LogP contribution < -0.4 is 5.32 Å². The number of amides is 1. The molecule has 1 aliphatic heterocycles. The van der Waals surface area contributed by atoms with Gasteiger partial charge in [0.2, 0.25) is 0 Å². The first-order valence-electron chi connectivity index (χ1n) is 9.77. The molecule has 1 unspecified atom stereocenters. The number of aromatic nitrogens is 3. The molecule has 1 aromatic carbocycles. The molecule has 2 heterocycles. The van der Waals surface area contributed by atoms with Crippen LogP contribution in [0.25, 0.3) is 0 Å². The van der Waals surface area contributed by atoms with Crippen molar-refractivity contribution in [2.24, 2.45) is 0 Å². The monoisotopic (exact) mass is 353 g/mol. The van der Waals surface area contributed by atoms with Gasteiger partial charge >= 0.3 is 0 Å².